The van der Waals surface area contributed by atoms with Gasteiger partial charge in [-0.3, -0.25) is 19.4 Å². The lowest BCUT2D eigenvalue weighted by Crippen LogP contribution is -2.41. The van der Waals surface area contributed by atoms with E-state index in [9.17, 15) is 63.1 Å². The minimum Gasteiger partial charge on any atom is -0.449 e. The van der Waals surface area contributed by atoms with Gasteiger partial charge in [0.15, 0.2) is 0 Å². The first-order chi connectivity index (χ1) is 37.4. The molecular weight excluding hydrogens is 1140 g/mol. The summed E-state index contributed by atoms with van der Waals surface area (Å²) in [5, 5.41) is 7.65. The summed E-state index contributed by atoms with van der Waals surface area (Å²) >= 11 is 11.4. The van der Waals surface area contributed by atoms with Gasteiger partial charge in [0.1, 0.15) is 29.6 Å². The van der Waals surface area contributed by atoms with E-state index in [0.29, 0.717) is 92.4 Å². The van der Waals surface area contributed by atoms with E-state index in [1.54, 1.807) is 0 Å². The van der Waals surface area contributed by atoms with E-state index in [2.05, 4.69) is 20.9 Å². The second-order valence-electron chi connectivity index (χ2n) is 19.3. The number of piperidine rings is 2. The fraction of sp³-hybridized carbons (Fsp3) is 0.415. The molecular formula is C53H55Cl3F10N8O6. The van der Waals surface area contributed by atoms with Crippen molar-refractivity contribution in [3.63, 3.8) is 0 Å². The number of carbonyl (C=O) groups excluding carboxylic acids is 4. The number of amides is 3. The zero-order valence-corrected chi connectivity index (χ0v) is 44.7. The molecule has 0 radical (unpaired) electrons. The van der Waals surface area contributed by atoms with Crippen molar-refractivity contribution >= 4 is 71.0 Å². The van der Waals surface area contributed by atoms with E-state index in [1.807, 2.05) is 0 Å². The number of nitrogens with zero attached hydrogens (tertiary/aromatic N) is 4. The molecule has 434 valence electrons. The fourth-order valence-electron chi connectivity index (χ4n) is 9.72. The predicted octanol–water partition coefficient (Wildman–Crippen LogP) is 12.2. The van der Waals surface area contributed by atoms with Crippen LogP contribution in [0, 0.1) is 35.1 Å². The Morgan fingerprint density at radius 3 is 1.54 bits per heavy atom. The van der Waals surface area contributed by atoms with Gasteiger partial charge in [0.2, 0.25) is 0 Å². The lowest BCUT2D eigenvalue weighted by molar-refractivity contribution is -0.149. The summed E-state index contributed by atoms with van der Waals surface area (Å²) in [6.07, 6.45) is -1.37. The fourth-order valence-corrected chi connectivity index (χ4v) is 10.1. The number of likely N-dealkylation sites (tertiary alicyclic amines) is 2. The van der Waals surface area contributed by atoms with Crippen LogP contribution >= 0.6 is 35.6 Å². The summed E-state index contributed by atoms with van der Waals surface area (Å²) in [5.41, 5.74) is 8.81. The Kier molecular flexibility index (Phi) is 22.1. The van der Waals surface area contributed by atoms with E-state index in [4.69, 9.17) is 38.4 Å². The van der Waals surface area contributed by atoms with Gasteiger partial charge in [0, 0.05) is 52.1 Å². The van der Waals surface area contributed by atoms with Gasteiger partial charge in [0.25, 0.3) is 11.8 Å². The highest BCUT2D eigenvalue weighted by Gasteiger charge is 2.36. The maximum absolute atomic E-state index is 14.7. The summed E-state index contributed by atoms with van der Waals surface area (Å²) in [6.45, 7) is -0.233. The Bertz CT molecular complexity index is 2960. The molecule has 3 heterocycles. The van der Waals surface area contributed by atoms with Crippen LogP contribution in [0.4, 0.5) is 64.9 Å². The Morgan fingerprint density at radius 1 is 0.625 bits per heavy atom. The molecule has 4 aromatic carbocycles. The van der Waals surface area contributed by atoms with E-state index < -0.39 is 72.9 Å². The van der Waals surface area contributed by atoms with Crippen molar-refractivity contribution in [1.29, 1.82) is 0 Å². The molecule has 4 aliphatic rings. The molecule has 0 saturated carbocycles. The SMILES string of the molecule is Cl.N[C@H]1CCc2c(C(=O)Nc3ccc(F)c(Cl)c3)ccc(F)c21.O=C(N[C@H]1CCc2c(C(=O)Nc3ccc(F)c(Cl)c3)ccc(F)c21)OCC1CCN(CC(F)(F)F)CC1.O=C(OCC1CCN(CC(F)(F)F)CC1)n1ccnc1. The zero-order valence-electron chi connectivity index (χ0n) is 42.4. The summed E-state index contributed by atoms with van der Waals surface area (Å²) in [6, 6.07) is 11.7. The summed E-state index contributed by atoms with van der Waals surface area (Å²) in [4.78, 5) is 55.6. The van der Waals surface area contributed by atoms with Crippen molar-refractivity contribution in [3.05, 3.63) is 146 Å². The summed E-state index contributed by atoms with van der Waals surface area (Å²) in [5.74, 6) is -3.02. The van der Waals surface area contributed by atoms with Crippen LogP contribution in [0.3, 0.4) is 0 Å². The van der Waals surface area contributed by atoms with E-state index in [1.165, 1.54) is 81.6 Å². The van der Waals surface area contributed by atoms with Crippen molar-refractivity contribution in [3.8, 4) is 0 Å². The average molecular weight is 1200 g/mol. The molecule has 1 aromatic heterocycles. The Balaban J connectivity index is 0.000000206. The third-order valence-electron chi connectivity index (χ3n) is 13.7. The number of rotatable bonds is 11. The molecule has 5 N–H and O–H groups in total. The number of hydrogen-bond donors (Lipinski definition) is 4. The largest absolute Gasteiger partial charge is 0.449 e. The highest BCUT2D eigenvalue weighted by Crippen LogP contribution is 2.37. The molecule has 9 rings (SSSR count). The second kappa shape index (κ2) is 28.0. The number of alkyl carbamates (subject to hydrolysis) is 1. The van der Waals surface area contributed by atoms with Gasteiger partial charge in [-0.25, -0.2) is 36.7 Å². The van der Waals surface area contributed by atoms with Crippen LogP contribution in [0.25, 0.3) is 0 Å². The number of benzene rings is 4. The molecule has 3 amide bonds. The minimum atomic E-state index is -4.24. The number of halogens is 13. The highest BCUT2D eigenvalue weighted by molar-refractivity contribution is 6.31. The number of nitrogens with two attached hydrogens (primary N) is 1. The number of fused-ring (bicyclic) bond motifs is 2. The van der Waals surface area contributed by atoms with Gasteiger partial charge >= 0.3 is 24.5 Å². The third-order valence-corrected chi connectivity index (χ3v) is 14.3. The van der Waals surface area contributed by atoms with Crippen LogP contribution < -0.4 is 21.7 Å². The number of anilines is 2. The number of aromatic nitrogens is 2. The van der Waals surface area contributed by atoms with Gasteiger partial charge in [0.05, 0.1) is 42.4 Å². The Hall–Kier alpha value is -6.18. The smallest absolute Gasteiger partial charge is 0.419 e. The molecule has 80 heavy (non-hydrogen) atoms. The number of imidazole rings is 1. The number of ether oxygens (including phenoxy) is 2. The topological polar surface area (TPSA) is 173 Å². The van der Waals surface area contributed by atoms with E-state index >= 15 is 0 Å². The lowest BCUT2D eigenvalue weighted by Gasteiger charge is -2.32. The van der Waals surface area contributed by atoms with Crippen LogP contribution in [0.15, 0.2) is 79.4 Å². The summed E-state index contributed by atoms with van der Waals surface area (Å²) < 4.78 is 141. The molecule has 27 heteroatoms. The van der Waals surface area contributed by atoms with Crippen LogP contribution in [0.1, 0.15) is 93.6 Å². The first-order valence-electron chi connectivity index (χ1n) is 25.0. The molecule has 5 aromatic rings. The average Bonchev–Trinajstić information content (AvgIpc) is 4.30. The van der Waals surface area contributed by atoms with Gasteiger partial charge in [-0.2, -0.15) is 26.3 Å². The van der Waals surface area contributed by atoms with E-state index in [-0.39, 0.29) is 89.3 Å². The maximum Gasteiger partial charge on any atom is 0.419 e. The molecule has 2 atom stereocenters. The molecule has 2 fully saturated rings. The Morgan fingerprint density at radius 2 is 1.07 bits per heavy atom. The van der Waals surface area contributed by atoms with Gasteiger partial charge < -0.3 is 31.2 Å². The quantitative estimate of drug-likeness (QED) is 0.0933. The van der Waals surface area contributed by atoms with Crippen LogP contribution in [-0.2, 0) is 22.3 Å². The standard InChI is InChI=1S/C25H25ClF5N3O3.C16H13ClF2N2O.C12H16F3N3O2.ClH/c26-18-11-15(1-4-19(18)27)32-23(35)17-2-5-20(28)22-16(17)3-6-21(22)33-24(36)37-12-14-7-9-34(10-8-14)13-25(29,30)31;17-11-7-8(1-4-12(11)18)21-16(22)10-2-5-13(19)15-9(10)3-6-14(15)20;13-12(14,15)8-17-4-1-10(2-5-17)7-20-11(19)18-6-3-16-9-18;/h1-2,4-5,11,14,21H,3,6-10,12-13H2,(H,32,35)(H,33,36);1-2,4-5,7,14H,3,6,20H2,(H,21,22);3,6,9-10H,1-2,4-5,7-8H2;1H/t21-;14-;;/m00../s1. The molecule has 0 spiro atoms. The number of hydrogen-bond acceptors (Lipinski definition) is 10. The Labute approximate surface area is 469 Å². The maximum atomic E-state index is 14.7. The van der Waals surface area contributed by atoms with Crippen molar-refractivity contribution in [2.75, 3.05) is 63.1 Å². The molecule has 14 nitrogen and oxygen atoms in total. The highest BCUT2D eigenvalue weighted by atomic mass is 35.5. The monoisotopic (exact) mass is 1190 g/mol. The van der Waals surface area contributed by atoms with Crippen LogP contribution in [0.2, 0.25) is 10.0 Å². The number of alkyl halides is 6. The normalized spacial score (nSPS) is 17.6. The minimum absolute atomic E-state index is 0. The third kappa shape index (κ3) is 17.7. The van der Waals surface area contributed by atoms with Crippen molar-refractivity contribution in [2.24, 2.45) is 17.6 Å². The van der Waals surface area contributed by atoms with Crippen LogP contribution in [-0.4, -0.2) is 108 Å². The predicted molar refractivity (Wildman–Crippen MR) is 279 cm³/mol. The molecule has 2 aliphatic heterocycles. The van der Waals surface area contributed by atoms with Crippen LogP contribution in [0.5, 0.6) is 0 Å². The van der Waals surface area contributed by atoms with Crippen molar-refractivity contribution in [1.82, 2.24) is 24.7 Å². The van der Waals surface area contributed by atoms with Crippen molar-refractivity contribution in [2.45, 2.75) is 75.8 Å². The molecule has 2 aliphatic carbocycles. The molecule has 0 bridgehead atoms. The van der Waals surface area contributed by atoms with Gasteiger partial charge in [-0.15, -0.1) is 12.4 Å². The second-order valence-corrected chi connectivity index (χ2v) is 20.2. The van der Waals surface area contributed by atoms with Gasteiger partial charge in [-0.05, 0) is 161 Å². The summed E-state index contributed by atoms with van der Waals surface area (Å²) in [7, 11) is 0. The van der Waals surface area contributed by atoms with E-state index in [0.717, 1.165) is 12.1 Å². The first kappa shape index (κ1) is 63.0. The lowest BCUT2D eigenvalue weighted by atomic mass is 9.98. The molecule has 0 unspecified atom stereocenters. The number of nitrogens with one attached hydrogen (secondary N) is 3. The molecule has 2 saturated heterocycles. The van der Waals surface area contributed by atoms with Crippen molar-refractivity contribution < 1.29 is 72.6 Å². The van der Waals surface area contributed by atoms with Gasteiger partial charge in [-0.1, -0.05) is 23.2 Å². The first-order valence-corrected chi connectivity index (χ1v) is 25.7. The number of carbonyl (C=O) groups is 4. The zero-order chi connectivity index (χ0) is 57.2.